The number of ether oxygens (including phenoxy) is 1. The van der Waals surface area contributed by atoms with Crippen molar-refractivity contribution in [2.45, 2.75) is 6.54 Å². The van der Waals surface area contributed by atoms with E-state index in [9.17, 15) is 9.59 Å². The van der Waals surface area contributed by atoms with Crippen LogP contribution in [0.1, 0.15) is 5.56 Å². The molecule has 0 aliphatic carbocycles. The molecule has 4 rings (SSSR count). The molecule has 2 amide bonds. The summed E-state index contributed by atoms with van der Waals surface area (Å²) in [5, 5.41) is 10.5. The molecule has 0 radical (unpaired) electrons. The fourth-order valence-corrected chi connectivity index (χ4v) is 3.16. The molecule has 2 heterocycles. The Morgan fingerprint density at radius 1 is 1.06 bits per heavy atom. The van der Waals surface area contributed by atoms with Crippen LogP contribution in [0.3, 0.4) is 0 Å². The Labute approximate surface area is 183 Å². The highest BCUT2D eigenvalue weighted by molar-refractivity contribution is 6.30. The summed E-state index contributed by atoms with van der Waals surface area (Å²) in [5.74, 6) is 0.682. The van der Waals surface area contributed by atoms with Crippen molar-refractivity contribution < 1.29 is 9.53 Å². The minimum Gasteiger partial charge on any atom is -0.492 e. The second kappa shape index (κ2) is 9.36. The normalized spacial score (nSPS) is 10.7. The number of nitrogens with zero attached hydrogens (tertiary/aromatic N) is 3. The van der Waals surface area contributed by atoms with Crippen molar-refractivity contribution in [1.29, 1.82) is 0 Å². The van der Waals surface area contributed by atoms with Crippen molar-refractivity contribution in [2.75, 3.05) is 18.5 Å². The molecule has 0 atom stereocenters. The molecule has 2 aromatic carbocycles. The zero-order valence-electron chi connectivity index (χ0n) is 16.5. The lowest BCUT2D eigenvalue weighted by Gasteiger charge is -2.10. The second-order valence-electron chi connectivity index (χ2n) is 6.75. The molecule has 31 heavy (non-hydrogen) atoms. The molecule has 0 fully saturated rings. The van der Waals surface area contributed by atoms with Crippen LogP contribution in [0.2, 0.25) is 5.02 Å². The van der Waals surface area contributed by atoms with Crippen LogP contribution < -0.4 is 21.1 Å². The summed E-state index contributed by atoms with van der Waals surface area (Å²) >= 11 is 5.83. The lowest BCUT2D eigenvalue weighted by molar-refractivity contribution is 0.247. The largest absolute Gasteiger partial charge is 0.492 e. The fraction of sp³-hybridized carbons (Fsp3) is 0.136. The zero-order valence-corrected chi connectivity index (χ0v) is 17.2. The van der Waals surface area contributed by atoms with Crippen LogP contribution in [-0.4, -0.2) is 33.4 Å². The Morgan fingerprint density at radius 3 is 2.71 bits per heavy atom. The smallest absolute Gasteiger partial charge is 0.350 e. The van der Waals surface area contributed by atoms with Gasteiger partial charge in [-0.1, -0.05) is 29.8 Å². The number of rotatable bonds is 7. The van der Waals surface area contributed by atoms with Crippen LogP contribution in [0.15, 0.2) is 77.7 Å². The number of benzene rings is 2. The van der Waals surface area contributed by atoms with E-state index in [1.807, 2.05) is 18.2 Å². The summed E-state index contributed by atoms with van der Waals surface area (Å²) in [5.41, 5.74) is 1.83. The van der Waals surface area contributed by atoms with E-state index in [4.69, 9.17) is 16.3 Å². The molecule has 0 aliphatic heterocycles. The Hall–Kier alpha value is -3.78. The topological polar surface area (TPSA) is 89.7 Å². The van der Waals surface area contributed by atoms with Crippen molar-refractivity contribution in [3.8, 4) is 5.75 Å². The molecule has 9 heteroatoms. The molecule has 2 N–H and O–H groups in total. The minimum absolute atomic E-state index is 0.215. The van der Waals surface area contributed by atoms with E-state index in [2.05, 4.69) is 15.7 Å². The van der Waals surface area contributed by atoms with E-state index >= 15 is 0 Å². The Kier molecular flexibility index (Phi) is 6.18. The summed E-state index contributed by atoms with van der Waals surface area (Å²) in [6, 6.07) is 19.3. The number of urea groups is 1. The minimum atomic E-state index is -0.346. The molecule has 0 spiro atoms. The predicted octanol–water partition coefficient (Wildman–Crippen LogP) is 3.40. The molecule has 0 aliphatic rings. The van der Waals surface area contributed by atoms with E-state index in [1.165, 1.54) is 9.08 Å². The van der Waals surface area contributed by atoms with E-state index in [0.717, 1.165) is 5.56 Å². The molecule has 0 unspecified atom stereocenters. The first-order chi connectivity index (χ1) is 15.1. The van der Waals surface area contributed by atoms with Gasteiger partial charge in [0.05, 0.1) is 13.1 Å². The first-order valence-corrected chi connectivity index (χ1v) is 10.0. The first-order valence-electron chi connectivity index (χ1n) is 9.65. The molecular weight excluding hydrogens is 418 g/mol. The number of nitrogens with one attached hydrogen (secondary N) is 2. The molecular formula is C22H20ClN5O3. The summed E-state index contributed by atoms with van der Waals surface area (Å²) in [6.45, 7) is 0.962. The third kappa shape index (κ3) is 5.23. The first kappa shape index (κ1) is 20.5. The second-order valence-corrected chi connectivity index (χ2v) is 7.19. The van der Waals surface area contributed by atoms with Crippen molar-refractivity contribution in [2.24, 2.45) is 0 Å². The fourth-order valence-electron chi connectivity index (χ4n) is 3.03. The standard InChI is InChI=1S/C22H20ClN5O3/c23-17-7-9-19(10-8-17)31-13-11-24-21(29)25-18-5-3-4-16(14-18)15-28-22(30)27-12-2-1-6-20(27)26-28/h1-10,12,14H,11,13,15H2,(H2,24,25,29). The number of halogens is 1. The van der Waals surface area contributed by atoms with Gasteiger partial charge in [0.25, 0.3) is 0 Å². The number of aromatic nitrogens is 3. The highest BCUT2D eigenvalue weighted by atomic mass is 35.5. The molecule has 0 saturated heterocycles. The van der Waals surface area contributed by atoms with E-state index in [-0.39, 0.29) is 11.7 Å². The molecule has 4 aromatic rings. The number of carbonyl (C=O) groups excluding carboxylic acids is 1. The predicted molar refractivity (Wildman–Crippen MR) is 119 cm³/mol. The van der Waals surface area contributed by atoms with Crippen LogP contribution in [0.4, 0.5) is 10.5 Å². The monoisotopic (exact) mass is 437 g/mol. The Morgan fingerprint density at radius 2 is 1.90 bits per heavy atom. The van der Waals surface area contributed by atoms with Gasteiger partial charge in [0.15, 0.2) is 5.65 Å². The number of carbonyl (C=O) groups is 1. The lowest BCUT2D eigenvalue weighted by atomic mass is 10.2. The van der Waals surface area contributed by atoms with Gasteiger partial charge in [-0.15, -0.1) is 5.10 Å². The average molecular weight is 438 g/mol. The van der Waals surface area contributed by atoms with Crippen molar-refractivity contribution in [3.05, 3.63) is 94.0 Å². The van der Waals surface area contributed by atoms with Gasteiger partial charge >= 0.3 is 11.7 Å². The third-order valence-corrected chi connectivity index (χ3v) is 4.73. The van der Waals surface area contributed by atoms with Crippen molar-refractivity contribution in [3.63, 3.8) is 0 Å². The number of fused-ring (bicyclic) bond motifs is 1. The van der Waals surface area contributed by atoms with Gasteiger partial charge < -0.3 is 15.4 Å². The van der Waals surface area contributed by atoms with Gasteiger partial charge in [-0.2, -0.15) is 0 Å². The van der Waals surface area contributed by atoms with Crippen molar-refractivity contribution >= 4 is 29.0 Å². The molecule has 0 bridgehead atoms. The Balaban J connectivity index is 1.30. The number of hydrogen-bond donors (Lipinski definition) is 2. The van der Waals surface area contributed by atoms with Gasteiger partial charge in [0, 0.05) is 16.9 Å². The average Bonchev–Trinajstić information content (AvgIpc) is 3.08. The van der Waals surface area contributed by atoms with Gasteiger partial charge in [0.2, 0.25) is 0 Å². The van der Waals surface area contributed by atoms with Crippen LogP contribution in [0.5, 0.6) is 5.75 Å². The zero-order chi connectivity index (χ0) is 21.6. The quantitative estimate of drug-likeness (QED) is 0.434. The van der Waals surface area contributed by atoms with Gasteiger partial charge in [0.1, 0.15) is 12.4 Å². The summed E-state index contributed by atoms with van der Waals surface area (Å²) in [4.78, 5) is 24.6. The SMILES string of the molecule is O=C(NCCOc1ccc(Cl)cc1)Nc1cccc(Cn2nc3ccccn3c2=O)c1. The van der Waals surface area contributed by atoms with Gasteiger partial charge in [-0.05, 0) is 54.1 Å². The number of amides is 2. The van der Waals surface area contributed by atoms with Crippen LogP contribution in [0.25, 0.3) is 5.65 Å². The third-order valence-electron chi connectivity index (χ3n) is 4.48. The summed E-state index contributed by atoms with van der Waals surface area (Å²) < 4.78 is 8.42. The van der Waals surface area contributed by atoms with Gasteiger partial charge in [-0.25, -0.2) is 14.3 Å². The van der Waals surface area contributed by atoms with Crippen LogP contribution in [-0.2, 0) is 6.54 Å². The number of anilines is 1. The maximum absolute atomic E-state index is 12.4. The molecule has 2 aromatic heterocycles. The molecule has 158 valence electrons. The van der Waals surface area contributed by atoms with Crippen LogP contribution in [0, 0.1) is 0 Å². The van der Waals surface area contributed by atoms with E-state index in [1.54, 1.807) is 54.7 Å². The molecule has 0 saturated carbocycles. The molecule has 8 nitrogen and oxygen atoms in total. The van der Waals surface area contributed by atoms with Crippen LogP contribution >= 0.6 is 11.6 Å². The van der Waals surface area contributed by atoms with Crippen molar-refractivity contribution in [1.82, 2.24) is 19.5 Å². The maximum Gasteiger partial charge on any atom is 0.350 e. The number of pyridine rings is 1. The maximum atomic E-state index is 12.4. The van der Waals surface area contributed by atoms with Gasteiger partial charge in [-0.3, -0.25) is 4.40 Å². The summed E-state index contributed by atoms with van der Waals surface area (Å²) in [7, 11) is 0. The highest BCUT2D eigenvalue weighted by Crippen LogP contribution is 2.15. The van der Waals surface area contributed by atoms with E-state index < -0.39 is 0 Å². The highest BCUT2D eigenvalue weighted by Gasteiger charge is 2.08. The number of hydrogen-bond acceptors (Lipinski definition) is 4. The lowest BCUT2D eigenvalue weighted by Crippen LogP contribution is -2.32. The summed E-state index contributed by atoms with van der Waals surface area (Å²) in [6.07, 6.45) is 1.68. The van der Waals surface area contributed by atoms with E-state index in [0.29, 0.717) is 41.8 Å². The Bertz CT molecular complexity index is 1250.